The van der Waals surface area contributed by atoms with E-state index in [0.717, 1.165) is 12.8 Å². The summed E-state index contributed by atoms with van der Waals surface area (Å²) in [6.45, 7) is 2.09. The molecule has 1 fully saturated rings. The van der Waals surface area contributed by atoms with Gasteiger partial charge in [-0.25, -0.2) is 0 Å². The third-order valence-corrected chi connectivity index (χ3v) is 3.48. The molecule has 0 bridgehead atoms. The van der Waals surface area contributed by atoms with Gasteiger partial charge in [0.25, 0.3) is 0 Å². The van der Waals surface area contributed by atoms with Crippen molar-refractivity contribution in [1.29, 1.82) is 0 Å². The maximum atomic E-state index is 5.95. The summed E-state index contributed by atoms with van der Waals surface area (Å²) < 4.78 is -0.440. The Hall–Kier alpha value is -0.200. The van der Waals surface area contributed by atoms with Crippen LogP contribution in [0.5, 0.6) is 0 Å². The Balaban J connectivity index is 2.00. The normalized spacial score (nSPS) is 24.4. The van der Waals surface area contributed by atoms with Crippen LogP contribution >= 0.6 is 23.2 Å². The predicted molar refractivity (Wildman–Crippen MR) is 57.4 cm³/mol. The second-order valence-electron chi connectivity index (χ2n) is 3.85. The van der Waals surface area contributed by atoms with Crippen LogP contribution in [0.1, 0.15) is 17.5 Å². The fourth-order valence-electron chi connectivity index (χ4n) is 1.50. The first-order valence-electron chi connectivity index (χ1n) is 4.51. The molecule has 0 amide bonds. The molecule has 2 rings (SSSR count). The standard InChI is InChI=1S/C11H12Cl2/c1-8-2-4-9(5-3-8)6-10-7-11(10,12)13/h2-5,10H,6-7H2,1H3/t10-/m1/s1. The molecule has 1 aliphatic carbocycles. The van der Waals surface area contributed by atoms with Crippen LogP contribution in [-0.2, 0) is 6.42 Å². The van der Waals surface area contributed by atoms with Gasteiger partial charge in [-0.15, -0.1) is 23.2 Å². The summed E-state index contributed by atoms with van der Waals surface area (Å²) in [5.74, 6) is 0.457. The van der Waals surface area contributed by atoms with Crippen LogP contribution in [0.15, 0.2) is 24.3 Å². The average Bonchev–Trinajstić information content (AvgIpc) is 2.64. The maximum absolute atomic E-state index is 5.95. The second kappa shape index (κ2) is 3.18. The van der Waals surface area contributed by atoms with Crippen molar-refractivity contribution in [2.45, 2.75) is 24.1 Å². The van der Waals surface area contributed by atoms with Gasteiger partial charge in [-0.1, -0.05) is 29.8 Å². The monoisotopic (exact) mass is 214 g/mol. The molecule has 0 nitrogen and oxygen atoms in total. The van der Waals surface area contributed by atoms with E-state index in [4.69, 9.17) is 23.2 Å². The number of hydrogen-bond donors (Lipinski definition) is 0. The molecular weight excluding hydrogens is 203 g/mol. The van der Waals surface area contributed by atoms with Crippen molar-refractivity contribution >= 4 is 23.2 Å². The SMILES string of the molecule is Cc1ccc(C[C@@H]2CC2(Cl)Cl)cc1. The first-order chi connectivity index (χ1) is 6.08. The van der Waals surface area contributed by atoms with Gasteiger partial charge in [-0.3, -0.25) is 0 Å². The summed E-state index contributed by atoms with van der Waals surface area (Å²) in [4.78, 5) is 0. The number of halogens is 2. The first kappa shape index (κ1) is 9.36. The largest absolute Gasteiger partial charge is 0.121 e. The number of alkyl halides is 2. The van der Waals surface area contributed by atoms with Crippen molar-refractivity contribution < 1.29 is 0 Å². The van der Waals surface area contributed by atoms with E-state index in [0.29, 0.717) is 5.92 Å². The highest BCUT2D eigenvalue weighted by molar-refractivity contribution is 6.50. The third-order valence-electron chi connectivity index (χ3n) is 2.56. The zero-order valence-corrected chi connectivity index (χ0v) is 9.07. The summed E-state index contributed by atoms with van der Waals surface area (Å²) in [5.41, 5.74) is 2.63. The Kier molecular flexibility index (Phi) is 2.29. The van der Waals surface area contributed by atoms with Gasteiger partial charge in [0.15, 0.2) is 0 Å². The molecule has 1 atom stereocenters. The van der Waals surface area contributed by atoms with Crippen LogP contribution in [-0.4, -0.2) is 4.33 Å². The molecule has 0 spiro atoms. The van der Waals surface area contributed by atoms with Crippen molar-refractivity contribution in [3.05, 3.63) is 35.4 Å². The number of hydrogen-bond acceptors (Lipinski definition) is 0. The Morgan fingerprint density at radius 1 is 1.31 bits per heavy atom. The van der Waals surface area contributed by atoms with Gasteiger partial charge >= 0.3 is 0 Å². The van der Waals surface area contributed by atoms with Crippen LogP contribution in [0, 0.1) is 12.8 Å². The van der Waals surface area contributed by atoms with E-state index in [1.807, 2.05) is 0 Å². The lowest BCUT2D eigenvalue weighted by molar-refractivity contribution is 0.819. The van der Waals surface area contributed by atoms with E-state index >= 15 is 0 Å². The summed E-state index contributed by atoms with van der Waals surface area (Å²) in [6.07, 6.45) is 1.94. The highest BCUT2D eigenvalue weighted by Gasteiger charge is 2.50. The van der Waals surface area contributed by atoms with E-state index in [1.165, 1.54) is 11.1 Å². The highest BCUT2D eigenvalue weighted by atomic mass is 35.5. The van der Waals surface area contributed by atoms with Gasteiger partial charge in [0.2, 0.25) is 0 Å². The quantitative estimate of drug-likeness (QED) is 0.659. The van der Waals surface area contributed by atoms with Gasteiger partial charge in [0, 0.05) is 0 Å². The molecule has 0 aromatic heterocycles. The fraction of sp³-hybridized carbons (Fsp3) is 0.455. The van der Waals surface area contributed by atoms with Crippen molar-refractivity contribution in [2.75, 3.05) is 0 Å². The Bertz CT molecular complexity index is 300. The smallest absolute Gasteiger partial charge is 0.101 e. The third kappa shape index (κ3) is 2.18. The molecule has 1 aromatic carbocycles. The molecule has 0 N–H and O–H groups in total. The Morgan fingerprint density at radius 2 is 1.85 bits per heavy atom. The molecule has 0 aliphatic heterocycles. The van der Waals surface area contributed by atoms with Crippen LogP contribution in [0.25, 0.3) is 0 Å². The summed E-state index contributed by atoms with van der Waals surface area (Å²) in [5, 5.41) is 0. The first-order valence-corrected chi connectivity index (χ1v) is 5.27. The lowest BCUT2D eigenvalue weighted by Crippen LogP contribution is -1.94. The molecule has 1 aliphatic rings. The van der Waals surface area contributed by atoms with Crippen LogP contribution < -0.4 is 0 Å². The molecule has 70 valence electrons. The Morgan fingerprint density at radius 3 is 2.31 bits per heavy atom. The lowest BCUT2D eigenvalue weighted by atomic mass is 10.1. The molecule has 0 radical (unpaired) electrons. The van der Waals surface area contributed by atoms with E-state index in [2.05, 4.69) is 31.2 Å². The van der Waals surface area contributed by atoms with Crippen LogP contribution in [0.2, 0.25) is 0 Å². The number of rotatable bonds is 2. The molecule has 2 heteroatoms. The molecule has 0 unspecified atom stereocenters. The molecule has 13 heavy (non-hydrogen) atoms. The predicted octanol–water partition coefficient (Wildman–Crippen LogP) is 3.73. The lowest BCUT2D eigenvalue weighted by Gasteiger charge is -2.01. The molecule has 0 heterocycles. The van der Waals surface area contributed by atoms with Gasteiger partial charge in [0.05, 0.1) is 0 Å². The molecular formula is C11H12Cl2. The summed E-state index contributed by atoms with van der Waals surface area (Å²) in [7, 11) is 0. The summed E-state index contributed by atoms with van der Waals surface area (Å²) >= 11 is 11.9. The minimum absolute atomic E-state index is 0.440. The van der Waals surface area contributed by atoms with E-state index in [9.17, 15) is 0 Å². The van der Waals surface area contributed by atoms with Gasteiger partial charge in [-0.05, 0) is 31.2 Å². The van der Waals surface area contributed by atoms with Gasteiger partial charge < -0.3 is 0 Å². The van der Waals surface area contributed by atoms with Crippen LogP contribution in [0.3, 0.4) is 0 Å². The Labute approximate surface area is 88.9 Å². The van der Waals surface area contributed by atoms with E-state index in [-0.39, 0.29) is 0 Å². The van der Waals surface area contributed by atoms with E-state index < -0.39 is 4.33 Å². The fourth-order valence-corrected chi connectivity index (χ4v) is 2.03. The second-order valence-corrected chi connectivity index (χ2v) is 5.39. The maximum Gasteiger partial charge on any atom is 0.121 e. The number of aryl methyl sites for hydroxylation is 1. The molecule has 1 aromatic rings. The van der Waals surface area contributed by atoms with E-state index in [1.54, 1.807) is 0 Å². The van der Waals surface area contributed by atoms with Crippen molar-refractivity contribution in [3.63, 3.8) is 0 Å². The summed E-state index contributed by atoms with van der Waals surface area (Å²) in [6, 6.07) is 8.55. The van der Waals surface area contributed by atoms with Gasteiger partial charge in [-0.2, -0.15) is 0 Å². The minimum atomic E-state index is -0.440. The minimum Gasteiger partial charge on any atom is -0.101 e. The zero-order valence-electron chi connectivity index (χ0n) is 7.56. The van der Waals surface area contributed by atoms with Crippen molar-refractivity contribution in [1.82, 2.24) is 0 Å². The molecule has 1 saturated carbocycles. The molecule has 0 saturated heterocycles. The van der Waals surface area contributed by atoms with Crippen molar-refractivity contribution in [2.24, 2.45) is 5.92 Å². The average molecular weight is 215 g/mol. The van der Waals surface area contributed by atoms with Crippen LogP contribution in [0.4, 0.5) is 0 Å². The topological polar surface area (TPSA) is 0 Å². The van der Waals surface area contributed by atoms with Gasteiger partial charge in [0.1, 0.15) is 4.33 Å². The number of benzene rings is 1. The van der Waals surface area contributed by atoms with Crippen molar-refractivity contribution in [3.8, 4) is 0 Å². The zero-order chi connectivity index (χ0) is 9.47. The highest BCUT2D eigenvalue weighted by Crippen LogP contribution is 2.54.